The van der Waals surface area contributed by atoms with E-state index in [1.54, 1.807) is 12.1 Å². The number of aliphatic hydroxyl groups is 1. The number of oxime groups is 1. The molecule has 2 unspecified atom stereocenters. The highest BCUT2D eigenvalue weighted by Gasteiger charge is 2.30. The zero-order valence-electron chi connectivity index (χ0n) is 21.4. The van der Waals surface area contributed by atoms with Crippen molar-refractivity contribution in [2.75, 3.05) is 32.8 Å². The number of aliphatic hydroxyl groups excluding tert-OH is 1. The summed E-state index contributed by atoms with van der Waals surface area (Å²) in [6.07, 6.45) is 1.32. The van der Waals surface area contributed by atoms with Crippen molar-refractivity contribution in [2.24, 2.45) is 5.16 Å². The molecule has 3 aromatic rings. The number of amides is 1. The van der Waals surface area contributed by atoms with Crippen LogP contribution in [-0.2, 0) is 11.2 Å². The molecule has 0 radical (unpaired) electrons. The standard InChI is InChI=1S/C29H31F2N3O5/c30-22-7-6-19-13-18(3-5-20(19)14-22)4-8-24(33-37)29(36)32-25(17-34-9-1-2-10-34)27(35)21-15-23(31)28-26(16-21)38-11-12-39-28/h3,5-7,13-16,25,27,35,37H,1-2,4,8-12,17H2,(H,32,36)/b33-24+. The first kappa shape index (κ1) is 26.8. The second kappa shape index (κ2) is 12.0. The third kappa shape index (κ3) is 6.29. The average Bonchev–Trinajstić information content (AvgIpc) is 3.46. The van der Waals surface area contributed by atoms with Crippen molar-refractivity contribution < 1.29 is 33.4 Å². The van der Waals surface area contributed by atoms with Crippen molar-refractivity contribution in [2.45, 2.75) is 37.8 Å². The molecule has 3 aromatic carbocycles. The Bertz CT molecular complexity index is 1380. The minimum Gasteiger partial charge on any atom is -0.486 e. The van der Waals surface area contributed by atoms with Crippen LogP contribution in [0.1, 0.15) is 36.5 Å². The van der Waals surface area contributed by atoms with Crippen LogP contribution in [0.5, 0.6) is 11.5 Å². The van der Waals surface area contributed by atoms with Gasteiger partial charge in [0.05, 0.1) is 6.04 Å². The Labute approximate surface area is 224 Å². The number of rotatable bonds is 9. The van der Waals surface area contributed by atoms with Gasteiger partial charge in [-0.25, -0.2) is 8.78 Å². The van der Waals surface area contributed by atoms with Crippen LogP contribution < -0.4 is 14.8 Å². The Hall–Kier alpha value is -3.76. The van der Waals surface area contributed by atoms with E-state index in [0.717, 1.165) is 42.3 Å². The summed E-state index contributed by atoms with van der Waals surface area (Å²) in [6, 6.07) is 12.0. The first-order valence-electron chi connectivity index (χ1n) is 13.1. The number of hydrogen-bond acceptors (Lipinski definition) is 7. The molecule has 8 nitrogen and oxygen atoms in total. The van der Waals surface area contributed by atoms with Crippen molar-refractivity contribution in [1.29, 1.82) is 0 Å². The second-order valence-electron chi connectivity index (χ2n) is 9.93. The molecule has 206 valence electrons. The molecule has 3 N–H and O–H groups in total. The van der Waals surface area contributed by atoms with E-state index in [4.69, 9.17) is 9.47 Å². The van der Waals surface area contributed by atoms with E-state index in [1.807, 2.05) is 12.1 Å². The minimum atomic E-state index is -1.25. The lowest BCUT2D eigenvalue weighted by Gasteiger charge is -2.29. The highest BCUT2D eigenvalue weighted by Crippen LogP contribution is 2.36. The lowest BCUT2D eigenvalue weighted by Crippen LogP contribution is -2.48. The van der Waals surface area contributed by atoms with Gasteiger partial charge in [-0.15, -0.1) is 0 Å². The summed E-state index contributed by atoms with van der Waals surface area (Å²) >= 11 is 0. The Morgan fingerprint density at radius 3 is 2.56 bits per heavy atom. The molecule has 2 aliphatic heterocycles. The van der Waals surface area contributed by atoms with Gasteiger partial charge in [-0.05, 0) is 78.5 Å². The fourth-order valence-corrected chi connectivity index (χ4v) is 5.15. The van der Waals surface area contributed by atoms with Gasteiger partial charge in [0.1, 0.15) is 30.8 Å². The maximum atomic E-state index is 14.7. The van der Waals surface area contributed by atoms with Crippen molar-refractivity contribution in [3.63, 3.8) is 0 Å². The lowest BCUT2D eigenvalue weighted by molar-refractivity contribution is -0.116. The molecule has 0 saturated carbocycles. The van der Waals surface area contributed by atoms with Crippen molar-refractivity contribution in [3.05, 3.63) is 71.3 Å². The molecule has 0 aliphatic carbocycles. The summed E-state index contributed by atoms with van der Waals surface area (Å²) in [6.45, 7) is 2.48. The number of aryl methyl sites for hydroxylation is 1. The first-order chi connectivity index (χ1) is 18.9. The fraction of sp³-hybridized carbons (Fsp3) is 0.379. The molecular weight excluding hydrogens is 508 g/mol. The maximum Gasteiger partial charge on any atom is 0.269 e. The van der Waals surface area contributed by atoms with E-state index in [9.17, 15) is 23.9 Å². The van der Waals surface area contributed by atoms with Gasteiger partial charge in [0.15, 0.2) is 17.3 Å². The number of nitrogens with zero attached hydrogens (tertiary/aromatic N) is 2. The van der Waals surface area contributed by atoms with Crippen LogP contribution in [0.4, 0.5) is 8.78 Å². The Balaban J connectivity index is 1.30. The summed E-state index contributed by atoms with van der Waals surface area (Å²) in [5.41, 5.74) is 1.04. The average molecular weight is 540 g/mol. The Kier molecular flexibility index (Phi) is 8.23. The summed E-state index contributed by atoms with van der Waals surface area (Å²) in [5.74, 6) is -1.38. The number of likely N-dealkylation sites (tertiary alicyclic amines) is 1. The van der Waals surface area contributed by atoms with Crippen LogP contribution >= 0.6 is 0 Å². The smallest absolute Gasteiger partial charge is 0.269 e. The number of halogens is 2. The van der Waals surface area contributed by atoms with Gasteiger partial charge >= 0.3 is 0 Å². The predicted octanol–water partition coefficient (Wildman–Crippen LogP) is 3.97. The van der Waals surface area contributed by atoms with Crippen LogP contribution in [0.25, 0.3) is 10.8 Å². The van der Waals surface area contributed by atoms with Gasteiger partial charge < -0.3 is 30.0 Å². The Morgan fingerprint density at radius 2 is 1.77 bits per heavy atom. The molecule has 1 fully saturated rings. The predicted molar refractivity (Wildman–Crippen MR) is 141 cm³/mol. The van der Waals surface area contributed by atoms with Gasteiger partial charge in [-0.3, -0.25) is 4.79 Å². The molecular formula is C29H31F2N3O5. The van der Waals surface area contributed by atoms with Crippen LogP contribution in [0.2, 0.25) is 0 Å². The van der Waals surface area contributed by atoms with Gasteiger partial charge in [0.2, 0.25) is 0 Å². The highest BCUT2D eigenvalue weighted by molar-refractivity contribution is 6.38. The topological polar surface area (TPSA) is 104 Å². The molecule has 0 spiro atoms. The van der Waals surface area contributed by atoms with E-state index in [0.29, 0.717) is 13.0 Å². The molecule has 39 heavy (non-hydrogen) atoms. The molecule has 0 aromatic heterocycles. The molecule has 5 rings (SSSR count). The molecule has 1 amide bonds. The second-order valence-corrected chi connectivity index (χ2v) is 9.93. The summed E-state index contributed by atoms with van der Waals surface area (Å²) in [5, 5.41) is 28.6. The zero-order chi connectivity index (χ0) is 27.4. The fourth-order valence-electron chi connectivity index (χ4n) is 5.15. The molecule has 1 saturated heterocycles. The summed E-state index contributed by atoms with van der Waals surface area (Å²) in [7, 11) is 0. The molecule has 10 heteroatoms. The van der Waals surface area contributed by atoms with Gasteiger partial charge in [-0.1, -0.05) is 29.4 Å². The molecule has 2 atom stereocenters. The van der Waals surface area contributed by atoms with Crippen LogP contribution in [-0.4, -0.2) is 65.7 Å². The third-order valence-electron chi connectivity index (χ3n) is 7.21. The summed E-state index contributed by atoms with van der Waals surface area (Å²) in [4.78, 5) is 15.3. The van der Waals surface area contributed by atoms with Crippen molar-refractivity contribution in [1.82, 2.24) is 10.2 Å². The molecule has 2 heterocycles. The SMILES string of the molecule is O=C(NC(CN1CCCC1)C(O)c1cc(F)c2c(c1)OCCO2)/C(CCc1ccc2cc(F)ccc2c1)=N/O. The van der Waals surface area contributed by atoms with Crippen molar-refractivity contribution in [3.8, 4) is 11.5 Å². The number of nitrogens with one attached hydrogen (secondary N) is 1. The van der Waals surface area contributed by atoms with Gasteiger partial charge in [0, 0.05) is 13.0 Å². The number of hydrogen-bond donors (Lipinski definition) is 3. The number of benzene rings is 3. The molecule has 0 bridgehead atoms. The van der Waals surface area contributed by atoms with Crippen molar-refractivity contribution >= 4 is 22.4 Å². The van der Waals surface area contributed by atoms with Crippen LogP contribution in [0, 0.1) is 11.6 Å². The third-order valence-corrected chi connectivity index (χ3v) is 7.21. The van der Waals surface area contributed by atoms with E-state index in [2.05, 4.69) is 15.4 Å². The quantitative estimate of drug-likeness (QED) is 0.216. The number of fused-ring (bicyclic) bond motifs is 2. The first-order valence-corrected chi connectivity index (χ1v) is 13.1. The summed E-state index contributed by atoms with van der Waals surface area (Å²) < 4.78 is 39.0. The van der Waals surface area contributed by atoms with E-state index in [1.165, 1.54) is 24.3 Å². The molecule has 2 aliphatic rings. The van der Waals surface area contributed by atoms with E-state index in [-0.39, 0.29) is 48.2 Å². The number of ether oxygens (including phenoxy) is 2. The lowest BCUT2D eigenvalue weighted by atomic mass is 9.99. The largest absolute Gasteiger partial charge is 0.486 e. The minimum absolute atomic E-state index is 0.00542. The maximum absolute atomic E-state index is 14.7. The normalized spacial score (nSPS) is 17.3. The highest BCUT2D eigenvalue weighted by atomic mass is 19.1. The van der Waals surface area contributed by atoms with E-state index < -0.39 is 23.9 Å². The van der Waals surface area contributed by atoms with Gasteiger partial charge in [-0.2, -0.15) is 0 Å². The van der Waals surface area contributed by atoms with Crippen LogP contribution in [0.3, 0.4) is 0 Å². The number of carbonyl (C=O) groups excluding carboxylic acids is 1. The Morgan fingerprint density at radius 1 is 1.03 bits per heavy atom. The zero-order valence-corrected chi connectivity index (χ0v) is 21.4. The van der Waals surface area contributed by atoms with Gasteiger partial charge in [0.25, 0.3) is 5.91 Å². The number of carbonyl (C=O) groups is 1. The van der Waals surface area contributed by atoms with Crippen LogP contribution in [0.15, 0.2) is 53.7 Å². The monoisotopic (exact) mass is 539 g/mol. The van der Waals surface area contributed by atoms with E-state index >= 15 is 0 Å².